The van der Waals surface area contributed by atoms with Crippen LogP contribution in [0, 0.1) is 22.7 Å². The smallest absolute Gasteiger partial charge is 0.237 e. The number of aromatic nitrogens is 2. The fourth-order valence-electron chi connectivity index (χ4n) is 1.20. The molecule has 0 aliphatic carbocycles. The van der Waals surface area contributed by atoms with E-state index in [9.17, 15) is 0 Å². The number of rotatable bonds is 2. The van der Waals surface area contributed by atoms with Crippen LogP contribution in [0.1, 0.15) is 11.3 Å². The molecule has 18 heavy (non-hydrogen) atoms. The third kappa shape index (κ3) is 2.54. The van der Waals surface area contributed by atoms with Gasteiger partial charge in [-0.3, -0.25) is 0 Å². The van der Waals surface area contributed by atoms with E-state index >= 15 is 0 Å². The van der Waals surface area contributed by atoms with Crippen LogP contribution in [-0.2, 0) is 0 Å². The Labute approximate surface area is 108 Å². The van der Waals surface area contributed by atoms with Crippen molar-refractivity contribution in [3.05, 3.63) is 46.9 Å². The molecule has 0 radical (unpaired) electrons. The van der Waals surface area contributed by atoms with E-state index in [1.807, 2.05) is 12.1 Å². The predicted molar refractivity (Wildman–Crippen MR) is 63.0 cm³/mol. The van der Waals surface area contributed by atoms with Crippen molar-refractivity contribution in [3.63, 3.8) is 0 Å². The Morgan fingerprint density at radius 2 is 1.94 bits per heavy atom. The minimum atomic E-state index is 0.209. The highest BCUT2D eigenvalue weighted by molar-refractivity contribution is 6.31. The van der Waals surface area contributed by atoms with Crippen LogP contribution in [0.5, 0.6) is 11.6 Å². The van der Waals surface area contributed by atoms with Crippen molar-refractivity contribution in [2.24, 2.45) is 0 Å². The first kappa shape index (κ1) is 11.8. The summed E-state index contributed by atoms with van der Waals surface area (Å²) in [7, 11) is 0. The predicted octanol–water partition coefficient (Wildman–Crippen LogP) is 2.67. The van der Waals surface area contributed by atoms with Crippen LogP contribution in [0.4, 0.5) is 0 Å². The molecule has 0 saturated carbocycles. The SMILES string of the molecule is N#Cc1cnc(Oc2ccc(C#N)c(Cl)c2)cn1. The van der Waals surface area contributed by atoms with Gasteiger partial charge in [-0.1, -0.05) is 11.6 Å². The zero-order chi connectivity index (χ0) is 13.0. The zero-order valence-corrected chi connectivity index (χ0v) is 9.72. The van der Waals surface area contributed by atoms with Gasteiger partial charge < -0.3 is 4.74 Å². The lowest BCUT2D eigenvalue weighted by atomic mass is 10.2. The van der Waals surface area contributed by atoms with Gasteiger partial charge in [0.25, 0.3) is 0 Å². The molecule has 0 fully saturated rings. The van der Waals surface area contributed by atoms with E-state index < -0.39 is 0 Å². The summed E-state index contributed by atoms with van der Waals surface area (Å²) in [6, 6.07) is 8.47. The van der Waals surface area contributed by atoms with Crippen molar-refractivity contribution in [1.82, 2.24) is 9.97 Å². The summed E-state index contributed by atoms with van der Waals surface area (Å²) >= 11 is 5.86. The first-order valence-electron chi connectivity index (χ1n) is 4.82. The highest BCUT2D eigenvalue weighted by Gasteiger charge is 2.04. The highest BCUT2D eigenvalue weighted by atomic mass is 35.5. The zero-order valence-electron chi connectivity index (χ0n) is 8.96. The summed E-state index contributed by atoms with van der Waals surface area (Å²) in [5.41, 5.74) is 0.579. The van der Waals surface area contributed by atoms with Crippen LogP contribution in [0.2, 0.25) is 5.02 Å². The lowest BCUT2D eigenvalue weighted by molar-refractivity contribution is 0.460. The van der Waals surface area contributed by atoms with Crippen LogP contribution in [-0.4, -0.2) is 9.97 Å². The second-order valence-electron chi connectivity index (χ2n) is 3.21. The Hall–Kier alpha value is -2.63. The maximum atomic E-state index is 8.73. The number of nitriles is 2. The molecule has 6 heteroatoms. The average molecular weight is 257 g/mol. The van der Waals surface area contributed by atoms with Gasteiger partial charge in [0, 0.05) is 6.07 Å². The van der Waals surface area contributed by atoms with Crippen molar-refractivity contribution >= 4 is 11.6 Å². The molecule has 0 saturated heterocycles. The van der Waals surface area contributed by atoms with Gasteiger partial charge in [-0.25, -0.2) is 9.97 Å². The van der Waals surface area contributed by atoms with E-state index in [4.69, 9.17) is 26.9 Å². The van der Waals surface area contributed by atoms with Crippen molar-refractivity contribution < 1.29 is 4.74 Å². The van der Waals surface area contributed by atoms with Crippen molar-refractivity contribution in [1.29, 1.82) is 10.5 Å². The molecular formula is C12H5ClN4O. The molecular weight excluding hydrogens is 252 g/mol. The Morgan fingerprint density at radius 3 is 2.50 bits per heavy atom. The summed E-state index contributed by atoms with van der Waals surface area (Å²) in [4.78, 5) is 7.72. The first-order chi connectivity index (χ1) is 8.72. The van der Waals surface area contributed by atoms with E-state index in [0.717, 1.165) is 0 Å². The summed E-state index contributed by atoms with van der Waals surface area (Å²) in [6.45, 7) is 0. The highest BCUT2D eigenvalue weighted by Crippen LogP contribution is 2.25. The van der Waals surface area contributed by atoms with E-state index in [2.05, 4.69) is 9.97 Å². The molecule has 1 aromatic carbocycles. The fraction of sp³-hybridized carbons (Fsp3) is 0. The molecule has 1 aromatic heterocycles. The third-order valence-corrected chi connectivity index (χ3v) is 2.34. The number of benzene rings is 1. The van der Waals surface area contributed by atoms with Crippen LogP contribution < -0.4 is 4.74 Å². The number of nitrogens with zero attached hydrogens (tertiary/aromatic N) is 4. The Kier molecular flexibility index (Phi) is 3.38. The van der Waals surface area contributed by atoms with Crippen molar-refractivity contribution in [3.8, 4) is 23.8 Å². The van der Waals surface area contributed by atoms with Crippen LogP contribution in [0.25, 0.3) is 0 Å². The lowest BCUT2D eigenvalue weighted by Crippen LogP contribution is -1.91. The Balaban J connectivity index is 2.21. The van der Waals surface area contributed by atoms with Gasteiger partial charge in [-0.2, -0.15) is 10.5 Å². The Morgan fingerprint density at radius 1 is 1.11 bits per heavy atom. The van der Waals surface area contributed by atoms with Crippen LogP contribution in [0.3, 0.4) is 0 Å². The van der Waals surface area contributed by atoms with E-state index in [-0.39, 0.29) is 11.6 Å². The van der Waals surface area contributed by atoms with Gasteiger partial charge in [-0.15, -0.1) is 0 Å². The van der Waals surface area contributed by atoms with Gasteiger partial charge in [-0.05, 0) is 12.1 Å². The molecule has 0 aliphatic rings. The third-order valence-electron chi connectivity index (χ3n) is 2.03. The monoisotopic (exact) mass is 256 g/mol. The average Bonchev–Trinajstić information content (AvgIpc) is 2.40. The van der Waals surface area contributed by atoms with E-state index in [1.54, 1.807) is 12.1 Å². The molecule has 86 valence electrons. The van der Waals surface area contributed by atoms with E-state index in [1.165, 1.54) is 18.5 Å². The standard InChI is InChI=1S/C12H5ClN4O/c13-11-3-10(2-1-8(11)4-14)18-12-7-16-9(5-15)6-17-12/h1-3,6-7H. The summed E-state index contributed by atoms with van der Waals surface area (Å²) in [6.07, 6.45) is 2.64. The Bertz CT molecular complexity index is 655. The van der Waals surface area contributed by atoms with Gasteiger partial charge >= 0.3 is 0 Å². The largest absolute Gasteiger partial charge is 0.437 e. The lowest BCUT2D eigenvalue weighted by Gasteiger charge is -2.04. The molecule has 1 heterocycles. The molecule has 0 atom stereocenters. The minimum Gasteiger partial charge on any atom is -0.437 e. The number of hydrogen-bond donors (Lipinski definition) is 0. The summed E-state index contributed by atoms with van der Waals surface area (Å²) < 4.78 is 5.38. The van der Waals surface area contributed by atoms with Crippen LogP contribution >= 0.6 is 11.6 Å². The summed E-state index contributed by atoms with van der Waals surface area (Å²) in [5, 5.41) is 17.6. The molecule has 0 amide bonds. The number of halogens is 1. The second-order valence-corrected chi connectivity index (χ2v) is 3.61. The van der Waals surface area contributed by atoms with Crippen molar-refractivity contribution in [2.45, 2.75) is 0 Å². The molecule has 0 spiro atoms. The topological polar surface area (TPSA) is 82.6 Å². The van der Waals surface area contributed by atoms with Crippen molar-refractivity contribution in [2.75, 3.05) is 0 Å². The minimum absolute atomic E-state index is 0.209. The molecule has 0 aliphatic heterocycles. The van der Waals surface area contributed by atoms with Gasteiger partial charge in [0.1, 0.15) is 17.9 Å². The fourth-order valence-corrected chi connectivity index (χ4v) is 1.41. The maximum absolute atomic E-state index is 8.73. The molecule has 2 aromatic rings. The molecule has 0 N–H and O–H groups in total. The second kappa shape index (κ2) is 5.13. The normalized spacial score (nSPS) is 9.28. The maximum Gasteiger partial charge on any atom is 0.237 e. The molecule has 2 rings (SSSR count). The molecule has 5 nitrogen and oxygen atoms in total. The number of ether oxygens (including phenoxy) is 1. The first-order valence-corrected chi connectivity index (χ1v) is 5.20. The van der Waals surface area contributed by atoms with Gasteiger partial charge in [0.15, 0.2) is 5.69 Å². The van der Waals surface area contributed by atoms with E-state index in [0.29, 0.717) is 16.3 Å². The van der Waals surface area contributed by atoms with Gasteiger partial charge in [0.2, 0.25) is 5.88 Å². The van der Waals surface area contributed by atoms with Gasteiger partial charge in [0.05, 0.1) is 23.0 Å². The number of hydrogen-bond acceptors (Lipinski definition) is 5. The summed E-state index contributed by atoms with van der Waals surface area (Å²) in [5.74, 6) is 0.688. The van der Waals surface area contributed by atoms with Crippen LogP contribution in [0.15, 0.2) is 30.6 Å². The molecule has 0 bridgehead atoms. The molecule has 0 unspecified atom stereocenters. The quantitative estimate of drug-likeness (QED) is 0.825.